The fraction of sp³-hybridized carbons (Fsp3) is 0.200. The van der Waals surface area contributed by atoms with Gasteiger partial charge in [-0.15, -0.1) is 11.3 Å². The van der Waals surface area contributed by atoms with Gasteiger partial charge in [-0.3, -0.25) is 14.5 Å². The van der Waals surface area contributed by atoms with Gasteiger partial charge in [-0.05, 0) is 48.3 Å². The van der Waals surface area contributed by atoms with Gasteiger partial charge in [-0.1, -0.05) is 18.2 Å². The maximum Gasteiger partial charge on any atom is 0.222 e. The molecule has 0 aliphatic heterocycles. The molecular formula is C20H20N6OS2. The number of hydrogen-bond donors (Lipinski definition) is 2. The smallest absolute Gasteiger partial charge is 0.222 e. The lowest BCUT2D eigenvalue weighted by atomic mass is 10.1. The molecule has 0 radical (unpaired) electrons. The Bertz CT molecular complexity index is 1130. The molecule has 2 N–H and O–H groups in total. The summed E-state index contributed by atoms with van der Waals surface area (Å²) in [5.41, 5.74) is 2.07. The van der Waals surface area contributed by atoms with Crippen LogP contribution >= 0.6 is 23.6 Å². The number of carbonyl (C=O) groups is 1. The van der Waals surface area contributed by atoms with Crippen molar-refractivity contribution < 1.29 is 4.79 Å². The van der Waals surface area contributed by atoms with Crippen molar-refractivity contribution in [1.82, 2.24) is 29.6 Å². The predicted molar refractivity (Wildman–Crippen MR) is 115 cm³/mol. The standard InChI is InChI=1S/C20H20N6OS2/c1-14(15-4-6-16(7-5-15)25-11-9-21-13-25)22-18(27)8-10-26-19(23-24-20(26)28)17-3-2-12-29-17/h2-7,9,11-14H,8,10H2,1H3,(H,22,27)(H,24,28). The molecular weight excluding hydrogens is 404 g/mol. The molecule has 0 fully saturated rings. The van der Waals surface area contributed by atoms with E-state index >= 15 is 0 Å². The molecule has 4 rings (SSSR count). The van der Waals surface area contributed by atoms with Crippen LogP contribution in [-0.4, -0.2) is 30.2 Å². The first kappa shape index (κ1) is 19.3. The molecule has 0 aliphatic rings. The first-order valence-electron chi connectivity index (χ1n) is 9.18. The number of nitrogens with zero attached hydrogens (tertiary/aromatic N) is 4. The van der Waals surface area contributed by atoms with Gasteiger partial charge in [0.05, 0.1) is 17.2 Å². The largest absolute Gasteiger partial charge is 0.350 e. The van der Waals surface area contributed by atoms with Crippen LogP contribution in [0, 0.1) is 4.77 Å². The molecule has 1 atom stereocenters. The van der Waals surface area contributed by atoms with Gasteiger partial charge in [0.1, 0.15) is 0 Å². The van der Waals surface area contributed by atoms with Gasteiger partial charge >= 0.3 is 0 Å². The van der Waals surface area contributed by atoms with Crippen LogP contribution in [0.1, 0.15) is 24.9 Å². The highest BCUT2D eigenvalue weighted by Crippen LogP contribution is 2.23. The summed E-state index contributed by atoms with van der Waals surface area (Å²) in [5, 5.41) is 12.2. The molecule has 0 spiro atoms. The van der Waals surface area contributed by atoms with Crippen LogP contribution in [0.4, 0.5) is 0 Å². The molecule has 3 aromatic heterocycles. The van der Waals surface area contributed by atoms with Crippen molar-refractivity contribution >= 4 is 29.5 Å². The van der Waals surface area contributed by atoms with Crippen LogP contribution in [0.2, 0.25) is 0 Å². The average Bonchev–Trinajstić information content (AvgIpc) is 3.48. The Morgan fingerprint density at radius 2 is 2.14 bits per heavy atom. The Morgan fingerprint density at radius 1 is 1.31 bits per heavy atom. The summed E-state index contributed by atoms with van der Waals surface area (Å²) in [6.07, 6.45) is 5.72. The molecule has 0 aliphatic carbocycles. The molecule has 4 aromatic rings. The maximum atomic E-state index is 12.5. The van der Waals surface area contributed by atoms with Gasteiger partial charge in [0, 0.05) is 31.0 Å². The molecule has 1 amide bonds. The Hall–Kier alpha value is -3.04. The zero-order valence-corrected chi connectivity index (χ0v) is 17.4. The van der Waals surface area contributed by atoms with Crippen molar-refractivity contribution in [3.05, 3.63) is 70.8 Å². The lowest BCUT2D eigenvalue weighted by Gasteiger charge is -2.15. The number of aromatic nitrogens is 5. The summed E-state index contributed by atoms with van der Waals surface area (Å²) >= 11 is 6.91. The Morgan fingerprint density at radius 3 is 2.83 bits per heavy atom. The zero-order valence-electron chi connectivity index (χ0n) is 15.8. The van der Waals surface area contributed by atoms with E-state index in [0.717, 1.165) is 22.0 Å². The monoisotopic (exact) mass is 424 g/mol. The minimum Gasteiger partial charge on any atom is -0.350 e. The Balaban J connectivity index is 1.37. The van der Waals surface area contributed by atoms with Crippen LogP contribution in [0.15, 0.2) is 60.5 Å². The number of carbonyl (C=O) groups excluding carboxylic acids is 1. The summed E-state index contributed by atoms with van der Waals surface area (Å²) in [6.45, 7) is 2.45. The van der Waals surface area contributed by atoms with Crippen molar-refractivity contribution in [2.75, 3.05) is 0 Å². The highest BCUT2D eigenvalue weighted by atomic mass is 32.1. The fourth-order valence-corrected chi connectivity index (χ4v) is 4.02. The van der Waals surface area contributed by atoms with E-state index in [2.05, 4.69) is 20.5 Å². The number of benzene rings is 1. The van der Waals surface area contributed by atoms with Crippen molar-refractivity contribution in [3.8, 4) is 16.4 Å². The summed E-state index contributed by atoms with van der Waals surface area (Å²) in [7, 11) is 0. The quantitative estimate of drug-likeness (QED) is 0.437. The van der Waals surface area contributed by atoms with Crippen LogP contribution in [0.25, 0.3) is 16.4 Å². The van der Waals surface area contributed by atoms with Gasteiger partial charge < -0.3 is 9.88 Å². The topological polar surface area (TPSA) is 80.5 Å². The number of hydrogen-bond acceptors (Lipinski definition) is 5. The summed E-state index contributed by atoms with van der Waals surface area (Å²) in [6, 6.07) is 11.9. The Labute approximate surface area is 177 Å². The van der Waals surface area contributed by atoms with Crippen molar-refractivity contribution in [1.29, 1.82) is 0 Å². The van der Waals surface area contributed by atoms with Crippen molar-refractivity contribution in [2.45, 2.75) is 25.9 Å². The third-order valence-electron chi connectivity index (χ3n) is 4.64. The number of H-pyrrole nitrogens is 1. The summed E-state index contributed by atoms with van der Waals surface area (Å²) in [4.78, 5) is 17.6. The third kappa shape index (κ3) is 4.36. The Kier molecular flexibility index (Phi) is 5.68. The number of aromatic amines is 1. The lowest BCUT2D eigenvalue weighted by Crippen LogP contribution is -2.27. The van der Waals surface area contributed by atoms with Gasteiger partial charge in [0.25, 0.3) is 0 Å². The minimum absolute atomic E-state index is 0.0311. The number of nitrogens with one attached hydrogen (secondary N) is 2. The summed E-state index contributed by atoms with van der Waals surface area (Å²) < 4.78 is 4.32. The van der Waals surface area contributed by atoms with E-state index in [-0.39, 0.29) is 11.9 Å². The third-order valence-corrected chi connectivity index (χ3v) is 5.81. The average molecular weight is 425 g/mol. The molecule has 0 saturated heterocycles. The van der Waals surface area contributed by atoms with E-state index in [0.29, 0.717) is 17.7 Å². The van der Waals surface area contributed by atoms with Gasteiger partial charge in [0.15, 0.2) is 10.6 Å². The summed E-state index contributed by atoms with van der Waals surface area (Å²) in [5.74, 6) is 0.734. The van der Waals surface area contributed by atoms with Gasteiger partial charge in [-0.2, -0.15) is 5.10 Å². The van der Waals surface area contributed by atoms with E-state index in [1.807, 2.05) is 64.0 Å². The van der Waals surface area contributed by atoms with Crippen LogP contribution in [-0.2, 0) is 11.3 Å². The van der Waals surface area contributed by atoms with E-state index in [9.17, 15) is 4.79 Å². The van der Waals surface area contributed by atoms with Crippen LogP contribution < -0.4 is 5.32 Å². The van der Waals surface area contributed by atoms with Gasteiger partial charge in [0.2, 0.25) is 5.91 Å². The molecule has 0 saturated carbocycles. The second-order valence-corrected chi connectivity index (χ2v) is 7.92. The van der Waals surface area contributed by atoms with E-state index in [4.69, 9.17) is 12.2 Å². The molecule has 1 aromatic carbocycles. The van der Waals surface area contributed by atoms with E-state index in [1.165, 1.54) is 0 Å². The van der Waals surface area contributed by atoms with E-state index < -0.39 is 0 Å². The number of thiophene rings is 1. The first-order valence-corrected chi connectivity index (χ1v) is 10.5. The first-order chi connectivity index (χ1) is 14.1. The number of rotatable bonds is 7. The second-order valence-electron chi connectivity index (χ2n) is 6.58. The van der Waals surface area contributed by atoms with Crippen LogP contribution in [0.3, 0.4) is 0 Å². The fourth-order valence-electron chi connectivity index (χ4n) is 3.08. The predicted octanol–water partition coefficient (Wildman–Crippen LogP) is 4.12. The molecule has 7 nitrogen and oxygen atoms in total. The second kappa shape index (κ2) is 8.54. The maximum absolute atomic E-state index is 12.5. The highest BCUT2D eigenvalue weighted by molar-refractivity contribution is 7.71. The minimum atomic E-state index is -0.0894. The normalized spacial score (nSPS) is 12.0. The zero-order chi connectivity index (χ0) is 20.2. The SMILES string of the molecule is CC(NC(=O)CCn1c(-c2cccs2)n[nH]c1=S)c1ccc(-n2ccnc2)cc1. The highest BCUT2D eigenvalue weighted by Gasteiger charge is 2.13. The number of amides is 1. The lowest BCUT2D eigenvalue weighted by molar-refractivity contribution is -0.121. The van der Waals surface area contributed by atoms with Crippen molar-refractivity contribution in [2.24, 2.45) is 0 Å². The van der Waals surface area contributed by atoms with E-state index in [1.54, 1.807) is 23.9 Å². The molecule has 0 bridgehead atoms. The number of imidazole rings is 1. The van der Waals surface area contributed by atoms with Crippen LogP contribution in [0.5, 0.6) is 0 Å². The molecule has 9 heteroatoms. The molecule has 3 heterocycles. The van der Waals surface area contributed by atoms with Crippen molar-refractivity contribution in [3.63, 3.8) is 0 Å². The molecule has 1 unspecified atom stereocenters. The van der Waals surface area contributed by atoms with Gasteiger partial charge in [-0.25, -0.2) is 4.98 Å². The molecule has 29 heavy (non-hydrogen) atoms. The molecule has 148 valence electrons.